The summed E-state index contributed by atoms with van der Waals surface area (Å²) in [5, 5.41) is 29.3. The number of benzene rings is 1. The van der Waals surface area contributed by atoms with Crippen molar-refractivity contribution in [3.05, 3.63) is 41.5 Å². The van der Waals surface area contributed by atoms with Gasteiger partial charge in [0.05, 0.1) is 18.1 Å². The number of aliphatic imine (C=N–C) groups is 1. The van der Waals surface area contributed by atoms with Crippen LogP contribution < -0.4 is 0 Å². The van der Waals surface area contributed by atoms with E-state index in [1.54, 1.807) is 0 Å². The molecule has 5 unspecified atom stereocenters. The summed E-state index contributed by atoms with van der Waals surface area (Å²) in [4.78, 5) is 4.30. The molecule has 1 N–H and O–H groups in total. The van der Waals surface area contributed by atoms with Gasteiger partial charge in [0.15, 0.2) is 10.8 Å². The first-order valence-corrected chi connectivity index (χ1v) is 9.65. The molecule has 5 atom stereocenters. The summed E-state index contributed by atoms with van der Waals surface area (Å²) in [5.74, 6) is -1.20. The van der Waals surface area contributed by atoms with Crippen LogP contribution in [-0.4, -0.2) is 23.6 Å². The second-order valence-corrected chi connectivity index (χ2v) is 8.11. The Morgan fingerprint density at radius 3 is 2.68 bits per heavy atom. The molecule has 6 rings (SSSR count). The summed E-state index contributed by atoms with van der Waals surface area (Å²) in [6.45, 7) is 1.92. The van der Waals surface area contributed by atoms with Gasteiger partial charge < -0.3 is 9.47 Å². The highest BCUT2D eigenvalue weighted by Crippen LogP contribution is 2.69. The lowest BCUT2D eigenvalue weighted by molar-refractivity contribution is -0.344. The van der Waals surface area contributed by atoms with Crippen molar-refractivity contribution in [1.82, 2.24) is 0 Å². The third-order valence-corrected chi connectivity index (χ3v) is 6.81. The van der Waals surface area contributed by atoms with Crippen LogP contribution in [0.1, 0.15) is 38.2 Å². The van der Waals surface area contributed by atoms with Crippen molar-refractivity contribution in [3.63, 3.8) is 0 Å². The smallest absolute Gasteiger partial charge is 0.218 e. The first-order chi connectivity index (χ1) is 13.5. The molecule has 1 spiro atoms. The van der Waals surface area contributed by atoms with Crippen molar-refractivity contribution >= 4 is 17.8 Å². The Balaban J connectivity index is 1.73. The number of rotatable bonds is 2. The zero-order valence-electron chi connectivity index (χ0n) is 15.6. The van der Waals surface area contributed by atoms with E-state index in [2.05, 4.69) is 17.1 Å². The average Bonchev–Trinajstić information content (AvgIpc) is 2.91. The van der Waals surface area contributed by atoms with E-state index in [4.69, 9.17) is 14.9 Å². The predicted octanol–water partition coefficient (Wildman–Crippen LogP) is 3.81. The SMILES string of the molecule is C/C(=C\c1ccccc1)C1OC23CCCCC2C2(C#N)C(=N)N=C(O3)C12C#N. The van der Waals surface area contributed by atoms with Gasteiger partial charge in [0.1, 0.15) is 11.9 Å². The molecule has 140 valence electrons. The number of amidine groups is 1. The Bertz CT molecular complexity index is 1020. The summed E-state index contributed by atoms with van der Waals surface area (Å²) in [6.07, 6.45) is 4.48. The van der Waals surface area contributed by atoms with Crippen molar-refractivity contribution in [2.45, 2.75) is 44.5 Å². The largest absolute Gasteiger partial charge is 0.447 e. The topological polar surface area (TPSA) is 102 Å². The zero-order valence-corrected chi connectivity index (χ0v) is 15.6. The molecule has 4 aliphatic heterocycles. The van der Waals surface area contributed by atoms with Crippen molar-refractivity contribution in [3.8, 4) is 12.1 Å². The summed E-state index contributed by atoms with van der Waals surface area (Å²) in [7, 11) is 0. The molecule has 1 aliphatic carbocycles. The maximum absolute atomic E-state index is 10.4. The van der Waals surface area contributed by atoms with E-state index in [9.17, 15) is 10.5 Å². The molecular formula is C22H20N4O2. The molecule has 4 heterocycles. The Labute approximate surface area is 163 Å². The lowest BCUT2D eigenvalue weighted by Gasteiger charge is -2.63. The van der Waals surface area contributed by atoms with Gasteiger partial charge in [0, 0.05) is 6.42 Å². The number of nitriles is 2. The van der Waals surface area contributed by atoms with Crippen molar-refractivity contribution < 1.29 is 9.47 Å². The van der Waals surface area contributed by atoms with Crippen LogP contribution in [0.2, 0.25) is 0 Å². The van der Waals surface area contributed by atoms with Gasteiger partial charge in [-0.1, -0.05) is 42.8 Å². The van der Waals surface area contributed by atoms with Gasteiger partial charge >= 0.3 is 0 Å². The molecule has 0 radical (unpaired) electrons. The van der Waals surface area contributed by atoms with E-state index in [0.29, 0.717) is 12.8 Å². The van der Waals surface area contributed by atoms with Crippen LogP contribution in [0.3, 0.4) is 0 Å². The third kappa shape index (κ3) is 1.75. The molecule has 3 saturated heterocycles. The predicted molar refractivity (Wildman–Crippen MR) is 102 cm³/mol. The minimum Gasteiger partial charge on any atom is -0.447 e. The fourth-order valence-electron chi connectivity index (χ4n) is 5.63. The molecule has 6 heteroatoms. The van der Waals surface area contributed by atoms with Crippen molar-refractivity contribution in [1.29, 1.82) is 15.9 Å². The molecule has 0 amide bonds. The molecule has 0 aromatic heterocycles. The van der Waals surface area contributed by atoms with Gasteiger partial charge in [-0.15, -0.1) is 0 Å². The van der Waals surface area contributed by atoms with Crippen LogP contribution in [0.5, 0.6) is 0 Å². The number of ether oxygens (including phenoxy) is 2. The minimum absolute atomic E-state index is 0.0545. The second-order valence-electron chi connectivity index (χ2n) is 8.11. The highest BCUT2D eigenvalue weighted by atomic mass is 16.7. The minimum atomic E-state index is -1.42. The van der Waals surface area contributed by atoms with Crippen LogP contribution in [0.25, 0.3) is 6.08 Å². The van der Waals surface area contributed by atoms with E-state index in [1.165, 1.54) is 0 Å². The Morgan fingerprint density at radius 2 is 1.96 bits per heavy atom. The zero-order chi connectivity index (χ0) is 19.6. The fraction of sp³-hybridized carbons (Fsp3) is 0.455. The van der Waals surface area contributed by atoms with Gasteiger partial charge in [-0.3, -0.25) is 5.41 Å². The van der Waals surface area contributed by atoms with Crippen LogP contribution in [0.15, 0.2) is 40.9 Å². The number of hydrogen-bond acceptors (Lipinski definition) is 5. The maximum atomic E-state index is 10.4. The number of nitrogens with one attached hydrogen (secondary N) is 1. The standard InChI is InChI=1S/C22H20N4O2/c1-14(11-15-7-3-2-4-8-15)17-21(13-24)19-26-18(25)20(21,12-23)16-9-5-6-10-22(16,27-17)28-19/h2-4,7-8,11,16-17,25H,5-6,9-10H2,1H3/b14-11+,25-18?. The van der Waals surface area contributed by atoms with Crippen molar-refractivity contribution in [2.24, 2.45) is 21.7 Å². The maximum Gasteiger partial charge on any atom is 0.218 e. The first-order valence-electron chi connectivity index (χ1n) is 9.65. The molecule has 28 heavy (non-hydrogen) atoms. The average molecular weight is 372 g/mol. The second kappa shape index (κ2) is 5.53. The molecule has 4 bridgehead atoms. The highest BCUT2D eigenvalue weighted by Gasteiger charge is 2.83. The van der Waals surface area contributed by atoms with E-state index >= 15 is 0 Å². The van der Waals surface area contributed by atoms with Gasteiger partial charge in [-0.05, 0) is 30.9 Å². The molecule has 1 aromatic rings. The Hall–Kier alpha value is -2.96. The quantitative estimate of drug-likeness (QED) is 0.852. The van der Waals surface area contributed by atoms with Crippen molar-refractivity contribution in [2.75, 3.05) is 0 Å². The number of fused-ring (bicyclic) bond motifs is 1. The lowest BCUT2D eigenvalue weighted by atomic mass is 9.48. The van der Waals surface area contributed by atoms with Gasteiger partial charge in [-0.2, -0.15) is 15.5 Å². The van der Waals surface area contributed by atoms with Gasteiger partial charge in [-0.25, -0.2) is 0 Å². The monoisotopic (exact) mass is 372 g/mol. The lowest BCUT2D eigenvalue weighted by Crippen LogP contribution is -2.75. The summed E-state index contributed by atoms with van der Waals surface area (Å²) in [5.41, 5.74) is -0.920. The van der Waals surface area contributed by atoms with Gasteiger partial charge in [0.25, 0.3) is 0 Å². The Kier molecular flexibility index (Phi) is 3.39. The molecular weight excluding hydrogens is 352 g/mol. The number of hydrogen-bond donors (Lipinski definition) is 1. The van der Waals surface area contributed by atoms with E-state index < -0.39 is 22.7 Å². The van der Waals surface area contributed by atoms with Crippen LogP contribution >= 0.6 is 0 Å². The summed E-state index contributed by atoms with van der Waals surface area (Å²) >= 11 is 0. The summed E-state index contributed by atoms with van der Waals surface area (Å²) in [6, 6.07) is 14.5. The molecule has 1 aromatic carbocycles. The molecule has 5 aliphatic rings. The number of nitrogens with zero attached hydrogens (tertiary/aromatic N) is 3. The molecule has 6 nitrogen and oxygen atoms in total. The third-order valence-electron chi connectivity index (χ3n) is 6.81. The van der Waals surface area contributed by atoms with Gasteiger partial charge in [0.2, 0.25) is 11.7 Å². The molecule has 4 fully saturated rings. The Morgan fingerprint density at radius 1 is 1.21 bits per heavy atom. The molecule has 1 saturated carbocycles. The normalized spacial score (nSPS) is 40.8. The van der Waals surface area contributed by atoms with E-state index in [1.807, 2.05) is 43.3 Å². The first kappa shape index (κ1) is 17.2. The van der Waals surface area contributed by atoms with E-state index in [0.717, 1.165) is 24.0 Å². The van der Waals surface area contributed by atoms with Crippen LogP contribution in [0.4, 0.5) is 0 Å². The van der Waals surface area contributed by atoms with Crippen LogP contribution in [-0.2, 0) is 9.47 Å². The summed E-state index contributed by atoms with van der Waals surface area (Å²) < 4.78 is 12.7. The highest BCUT2D eigenvalue weighted by molar-refractivity contribution is 6.13. The van der Waals surface area contributed by atoms with Crippen LogP contribution in [0, 0.1) is 44.8 Å². The van der Waals surface area contributed by atoms with E-state index in [-0.39, 0.29) is 17.7 Å². The fourth-order valence-corrected chi connectivity index (χ4v) is 5.63.